The minimum absolute atomic E-state index is 0.0351. The molecule has 2 aliphatic rings. The predicted octanol–water partition coefficient (Wildman–Crippen LogP) is -0.653. The topological polar surface area (TPSA) is 50.7 Å². The van der Waals surface area contributed by atoms with E-state index in [1.807, 2.05) is 0 Å². The van der Waals surface area contributed by atoms with Gasteiger partial charge in [-0.05, 0) is 12.2 Å². The highest BCUT2D eigenvalue weighted by molar-refractivity contribution is 7.80. The van der Waals surface area contributed by atoms with Gasteiger partial charge in [0.05, 0.1) is 18.8 Å². The van der Waals surface area contributed by atoms with Crippen molar-refractivity contribution in [3.63, 3.8) is 0 Å². The summed E-state index contributed by atoms with van der Waals surface area (Å²) in [7, 11) is 0. The Kier molecular flexibility index (Phi) is 2.40. The maximum absolute atomic E-state index is 8.99. The molecule has 0 saturated carbocycles. The minimum atomic E-state index is -0.484. The van der Waals surface area contributed by atoms with Crippen molar-refractivity contribution >= 4 is 17.4 Å². The monoisotopic (exact) mass is 201 g/mol. The lowest BCUT2D eigenvalue weighted by Crippen LogP contribution is -2.48. The summed E-state index contributed by atoms with van der Waals surface area (Å²) in [6.07, 6.45) is -0.941. The largest absolute Gasteiger partial charge is 0.464 e. The zero-order valence-electron chi connectivity index (χ0n) is 6.97. The van der Waals surface area contributed by atoms with Crippen LogP contribution in [0.3, 0.4) is 0 Å². The molecule has 4 atom stereocenters. The van der Waals surface area contributed by atoms with E-state index in [-0.39, 0.29) is 24.7 Å². The Morgan fingerprint density at radius 1 is 1.69 bits per heavy atom. The molecule has 0 spiro atoms. The fraction of sp³-hybridized carbons (Fsp3) is 0.750. The van der Waals surface area contributed by atoms with E-state index in [1.165, 1.54) is 0 Å². The van der Waals surface area contributed by atoms with Crippen LogP contribution in [0.1, 0.15) is 0 Å². The zero-order chi connectivity index (χ0) is 9.42. The average molecular weight is 201 g/mol. The normalized spacial score (nSPS) is 43.7. The first-order valence-corrected chi connectivity index (χ1v) is 4.59. The summed E-state index contributed by atoms with van der Waals surface area (Å²) in [6, 6.07) is 0. The van der Waals surface area contributed by atoms with Crippen molar-refractivity contribution in [2.24, 2.45) is 5.92 Å². The van der Waals surface area contributed by atoms with Crippen LogP contribution in [0.4, 0.5) is 0 Å². The van der Waals surface area contributed by atoms with Crippen molar-refractivity contribution in [1.29, 1.82) is 0 Å². The highest BCUT2D eigenvalue weighted by Gasteiger charge is 2.46. The van der Waals surface area contributed by atoms with Crippen LogP contribution >= 0.6 is 12.2 Å². The van der Waals surface area contributed by atoms with Gasteiger partial charge in [-0.1, -0.05) is 0 Å². The zero-order valence-corrected chi connectivity index (χ0v) is 7.79. The third-order valence-corrected chi connectivity index (χ3v) is 2.70. The Bertz CT molecular complexity index is 223. The molecule has 5 heteroatoms. The summed E-state index contributed by atoms with van der Waals surface area (Å²) in [5.41, 5.74) is 0. The summed E-state index contributed by atoms with van der Waals surface area (Å²) >= 11 is 4.85. The van der Waals surface area contributed by atoms with E-state index in [0.717, 1.165) is 0 Å². The molecule has 0 bridgehead atoms. The first kappa shape index (κ1) is 9.18. The molecule has 0 amide bonds. The molecule has 0 aromatic rings. The predicted molar refractivity (Wildman–Crippen MR) is 49.0 cm³/mol. The standard InChI is InChI=1S/C8H11NO3S/c1-4-7-5(6(3-10)11-4)2-9-8(13)12-7/h1,4-7,10H,2-3H2,(H,9,13)/t4-,5-,6+,7?/m0/s1. The molecule has 2 aliphatic heterocycles. The second kappa shape index (κ2) is 3.40. The number of thiocarbonyl (C=S) groups is 1. The van der Waals surface area contributed by atoms with E-state index in [9.17, 15) is 0 Å². The fourth-order valence-corrected chi connectivity index (χ4v) is 1.98. The van der Waals surface area contributed by atoms with Crippen LogP contribution in [0.5, 0.6) is 0 Å². The molecule has 2 heterocycles. The summed E-state index contributed by atoms with van der Waals surface area (Å²) in [5, 5.41) is 12.3. The molecular formula is C8H11NO3S. The molecule has 4 nitrogen and oxygen atoms in total. The van der Waals surface area contributed by atoms with Crippen molar-refractivity contribution in [1.82, 2.24) is 5.32 Å². The lowest BCUT2D eigenvalue weighted by atomic mass is 9.96. The van der Waals surface area contributed by atoms with Gasteiger partial charge >= 0.3 is 0 Å². The van der Waals surface area contributed by atoms with Crippen LogP contribution in [0.2, 0.25) is 0 Å². The summed E-state index contributed by atoms with van der Waals surface area (Å²) in [6.45, 7) is 6.29. The summed E-state index contributed by atoms with van der Waals surface area (Å²) in [4.78, 5) is 0. The number of nitrogens with one attached hydrogen (secondary N) is 1. The molecular weight excluding hydrogens is 190 g/mol. The van der Waals surface area contributed by atoms with E-state index >= 15 is 0 Å². The van der Waals surface area contributed by atoms with E-state index in [4.69, 9.17) is 33.7 Å². The van der Waals surface area contributed by atoms with Crippen molar-refractivity contribution in [3.8, 4) is 0 Å². The molecule has 1 unspecified atom stereocenters. The van der Waals surface area contributed by atoms with Gasteiger partial charge in [0.25, 0.3) is 5.17 Å². The first-order valence-electron chi connectivity index (χ1n) is 4.18. The first-order chi connectivity index (χ1) is 6.22. The Morgan fingerprint density at radius 2 is 2.46 bits per heavy atom. The minimum Gasteiger partial charge on any atom is -0.464 e. The van der Waals surface area contributed by atoms with Gasteiger partial charge in [-0.15, -0.1) is 0 Å². The molecule has 0 aromatic carbocycles. The molecule has 13 heavy (non-hydrogen) atoms. The van der Waals surface area contributed by atoms with Crippen LogP contribution in [-0.4, -0.2) is 41.7 Å². The fourth-order valence-electron chi connectivity index (χ4n) is 1.78. The van der Waals surface area contributed by atoms with Gasteiger partial charge in [0.15, 0.2) is 0 Å². The van der Waals surface area contributed by atoms with Crippen LogP contribution in [0, 0.1) is 12.8 Å². The molecule has 72 valence electrons. The van der Waals surface area contributed by atoms with Gasteiger partial charge in [-0.2, -0.15) is 0 Å². The van der Waals surface area contributed by atoms with Crippen molar-refractivity contribution in [2.45, 2.75) is 18.3 Å². The van der Waals surface area contributed by atoms with Crippen molar-refractivity contribution < 1.29 is 14.6 Å². The third kappa shape index (κ3) is 1.51. The number of aliphatic hydroxyl groups is 1. The number of rotatable bonds is 1. The maximum atomic E-state index is 8.99. The van der Waals surface area contributed by atoms with E-state index in [2.05, 4.69) is 5.32 Å². The molecule has 2 N–H and O–H groups in total. The Hall–Kier alpha value is -0.390. The van der Waals surface area contributed by atoms with Crippen LogP contribution in [0.25, 0.3) is 0 Å². The number of ether oxygens (including phenoxy) is 2. The second-order valence-corrected chi connectivity index (χ2v) is 3.61. The third-order valence-electron chi connectivity index (χ3n) is 2.46. The van der Waals surface area contributed by atoms with Crippen LogP contribution in [-0.2, 0) is 9.47 Å². The Balaban J connectivity index is 2.09. The van der Waals surface area contributed by atoms with Crippen molar-refractivity contribution in [2.75, 3.05) is 13.2 Å². The Morgan fingerprint density at radius 3 is 3.15 bits per heavy atom. The Labute approximate surface area is 82.2 Å². The van der Waals surface area contributed by atoms with E-state index < -0.39 is 6.10 Å². The molecule has 2 rings (SSSR count). The molecule has 0 aromatic heterocycles. The second-order valence-electron chi connectivity index (χ2n) is 3.24. The number of aliphatic hydroxyl groups excluding tert-OH is 1. The lowest BCUT2D eigenvalue weighted by Gasteiger charge is -2.29. The van der Waals surface area contributed by atoms with Crippen LogP contribution < -0.4 is 5.32 Å². The van der Waals surface area contributed by atoms with E-state index in [1.54, 1.807) is 0 Å². The smallest absolute Gasteiger partial charge is 0.257 e. The maximum Gasteiger partial charge on any atom is 0.257 e. The molecule has 2 fully saturated rings. The number of fused-ring (bicyclic) bond motifs is 1. The highest BCUT2D eigenvalue weighted by Crippen LogP contribution is 2.30. The van der Waals surface area contributed by atoms with Gasteiger partial charge in [-0.3, -0.25) is 0 Å². The van der Waals surface area contributed by atoms with Gasteiger partial charge in [0, 0.05) is 19.4 Å². The van der Waals surface area contributed by atoms with Gasteiger partial charge < -0.3 is 19.9 Å². The average Bonchev–Trinajstić information content (AvgIpc) is 2.43. The van der Waals surface area contributed by atoms with Crippen molar-refractivity contribution in [3.05, 3.63) is 6.92 Å². The lowest BCUT2D eigenvalue weighted by molar-refractivity contribution is 0.0124. The van der Waals surface area contributed by atoms with Gasteiger partial charge in [0.2, 0.25) is 0 Å². The number of hydrogen-bond acceptors (Lipinski definition) is 4. The SMILES string of the molecule is [CH][C@@H]1O[C@H](CO)[C@@H]2CNC(=S)OC12. The van der Waals surface area contributed by atoms with Gasteiger partial charge in [0.1, 0.15) is 6.10 Å². The summed E-state index contributed by atoms with van der Waals surface area (Å²) < 4.78 is 10.6. The molecule has 2 radical (unpaired) electrons. The quantitative estimate of drug-likeness (QED) is 0.552. The summed E-state index contributed by atoms with van der Waals surface area (Å²) in [5.74, 6) is 0.0895. The van der Waals surface area contributed by atoms with Crippen LogP contribution in [0.15, 0.2) is 0 Å². The number of hydrogen-bond donors (Lipinski definition) is 2. The molecule has 0 aliphatic carbocycles. The van der Waals surface area contributed by atoms with Gasteiger partial charge in [-0.25, -0.2) is 0 Å². The highest BCUT2D eigenvalue weighted by atomic mass is 32.1. The van der Waals surface area contributed by atoms with E-state index in [0.29, 0.717) is 11.7 Å². The molecule has 2 saturated heterocycles.